The summed E-state index contributed by atoms with van der Waals surface area (Å²) in [5, 5.41) is 7.79. The average Bonchev–Trinajstić information content (AvgIpc) is 2.97. The van der Waals surface area contributed by atoms with Gasteiger partial charge in [0, 0.05) is 34.6 Å². The molecule has 8 nitrogen and oxygen atoms in total. The molecule has 2 aromatic heterocycles. The highest BCUT2D eigenvalue weighted by atomic mass is 16.5. The van der Waals surface area contributed by atoms with Crippen molar-refractivity contribution in [2.45, 2.75) is 25.7 Å². The summed E-state index contributed by atoms with van der Waals surface area (Å²) in [5.41, 5.74) is 5.56. The van der Waals surface area contributed by atoms with Crippen LogP contribution in [0.3, 0.4) is 0 Å². The van der Waals surface area contributed by atoms with Gasteiger partial charge in [-0.15, -0.1) is 0 Å². The normalized spacial score (nSPS) is 12.7. The zero-order valence-corrected chi connectivity index (χ0v) is 21.7. The van der Waals surface area contributed by atoms with Crippen molar-refractivity contribution in [2.24, 2.45) is 0 Å². The van der Waals surface area contributed by atoms with E-state index in [1.54, 1.807) is 38.5 Å². The smallest absolute Gasteiger partial charge is 0.291 e. The summed E-state index contributed by atoms with van der Waals surface area (Å²) in [6, 6.07) is 19.4. The number of carbonyl (C=O) groups is 1. The van der Waals surface area contributed by atoms with E-state index in [1.807, 2.05) is 36.4 Å². The summed E-state index contributed by atoms with van der Waals surface area (Å²) < 4.78 is 16.6. The Bertz CT molecular complexity index is 1790. The van der Waals surface area contributed by atoms with E-state index in [1.165, 1.54) is 11.6 Å². The third-order valence-electron chi connectivity index (χ3n) is 7.03. The highest BCUT2D eigenvalue weighted by Gasteiger charge is 2.20. The number of methoxy groups -OCH3 is 2. The van der Waals surface area contributed by atoms with Crippen LogP contribution in [0.25, 0.3) is 21.9 Å². The first kappa shape index (κ1) is 24.5. The SMILES string of the molecule is COc1ccc(Nc2c3c(nc4ccc(NC(=O)c5cc(=O)c6ccccc6o5)cc24)CCCC3)cc1OC. The first-order valence-electron chi connectivity index (χ1n) is 12.8. The van der Waals surface area contributed by atoms with Crippen molar-refractivity contribution in [2.75, 3.05) is 24.9 Å². The third-order valence-corrected chi connectivity index (χ3v) is 7.03. The van der Waals surface area contributed by atoms with Crippen LogP contribution in [-0.4, -0.2) is 25.1 Å². The van der Waals surface area contributed by atoms with Crippen molar-refractivity contribution >= 4 is 44.8 Å². The standard InChI is InChI=1S/C31H27N3O5/c1-37-27-14-12-19(16-28(27)38-2)32-30-20-7-3-5-9-23(20)34-24-13-11-18(15-22(24)30)33-31(36)29-17-25(35)21-8-4-6-10-26(21)39-29/h4,6,8,10-17H,3,5,7,9H2,1-2H3,(H,32,34)(H,33,36). The number of nitrogens with zero attached hydrogens (tertiary/aromatic N) is 1. The second-order valence-electron chi connectivity index (χ2n) is 9.47. The minimum atomic E-state index is -0.502. The number of aryl methyl sites for hydroxylation is 1. The van der Waals surface area contributed by atoms with Crippen molar-refractivity contribution in [3.05, 3.63) is 94.0 Å². The number of ether oxygens (including phenoxy) is 2. The lowest BCUT2D eigenvalue weighted by molar-refractivity contribution is 0.0997. The summed E-state index contributed by atoms with van der Waals surface area (Å²) in [7, 11) is 3.22. The molecule has 1 aliphatic carbocycles. The van der Waals surface area contributed by atoms with E-state index in [0.717, 1.165) is 53.7 Å². The topological polar surface area (TPSA) is 103 Å². The second-order valence-corrected chi connectivity index (χ2v) is 9.47. The van der Waals surface area contributed by atoms with E-state index in [-0.39, 0.29) is 11.2 Å². The van der Waals surface area contributed by atoms with Crippen molar-refractivity contribution < 1.29 is 18.7 Å². The van der Waals surface area contributed by atoms with Crippen molar-refractivity contribution in [3.63, 3.8) is 0 Å². The van der Waals surface area contributed by atoms with Crippen LogP contribution in [0.5, 0.6) is 11.5 Å². The summed E-state index contributed by atoms with van der Waals surface area (Å²) in [4.78, 5) is 30.5. The molecule has 0 radical (unpaired) electrons. The first-order chi connectivity index (χ1) is 19.0. The number of hydrogen-bond acceptors (Lipinski definition) is 7. The van der Waals surface area contributed by atoms with Crippen molar-refractivity contribution in [1.82, 2.24) is 4.98 Å². The largest absolute Gasteiger partial charge is 0.493 e. The summed E-state index contributed by atoms with van der Waals surface area (Å²) in [6.07, 6.45) is 4.02. The molecule has 8 heteroatoms. The maximum atomic E-state index is 13.1. The number of aromatic nitrogens is 1. The van der Waals surface area contributed by atoms with E-state index in [4.69, 9.17) is 18.9 Å². The molecule has 2 N–H and O–H groups in total. The molecule has 0 saturated carbocycles. The maximum Gasteiger partial charge on any atom is 0.291 e. The Hall–Kier alpha value is -4.85. The minimum absolute atomic E-state index is 0.0500. The molecule has 0 bridgehead atoms. The Balaban J connectivity index is 1.39. The second kappa shape index (κ2) is 10.1. The highest BCUT2D eigenvalue weighted by molar-refractivity contribution is 6.05. The Labute approximate surface area is 224 Å². The van der Waals surface area contributed by atoms with E-state index in [9.17, 15) is 9.59 Å². The summed E-state index contributed by atoms with van der Waals surface area (Å²) in [5.74, 6) is 0.720. The van der Waals surface area contributed by atoms with Crippen LogP contribution < -0.4 is 25.5 Å². The monoisotopic (exact) mass is 521 g/mol. The Morgan fingerprint density at radius 3 is 2.51 bits per heavy atom. The number of rotatable bonds is 6. The molecule has 0 atom stereocenters. The number of fused-ring (bicyclic) bond motifs is 3. The van der Waals surface area contributed by atoms with Crippen molar-refractivity contribution in [1.29, 1.82) is 0 Å². The molecule has 196 valence electrons. The van der Waals surface area contributed by atoms with Crippen LogP contribution in [0, 0.1) is 0 Å². The third kappa shape index (κ3) is 4.65. The molecule has 6 rings (SSSR count). The molecule has 1 amide bonds. The number of hydrogen-bond donors (Lipinski definition) is 2. The molecule has 2 heterocycles. The average molecular weight is 522 g/mol. The molecule has 3 aromatic carbocycles. The van der Waals surface area contributed by atoms with Gasteiger partial charge in [0.1, 0.15) is 5.58 Å². The number of benzene rings is 3. The van der Waals surface area contributed by atoms with Gasteiger partial charge >= 0.3 is 0 Å². The lowest BCUT2D eigenvalue weighted by Gasteiger charge is -2.22. The molecular weight excluding hydrogens is 494 g/mol. The van der Waals surface area contributed by atoms with Gasteiger partial charge in [0.05, 0.1) is 30.8 Å². The minimum Gasteiger partial charge on any atom is -0.493 e. The van der Waals surface area contributed by atoms with Gasteiger partial charge in [0.25, 0.3) is 5.91 Å². The molecule has 0 saturated heterocycles. The fourth-order valence-corrected chi connectivity index (χ4v) is 5.11. The Morgan fingerprint density at radius 1 is 0.872 bits per heavy atom. The van der Waals surface area contributed by atoms with Crippen LogP contribution in [0.2, 0.25) is 0 Å². The number of anilines is 3. The summed E-state index contributed by atoms with van der Waals surface area (Å²) in [6.45, 7) is 0. The van der Waals surface area contributed by atoms with Crippen LogP contribution in [-0.2, 0) is 12.8 Å². The van der Waals surface area contributed by atoms with Gasteiger partial charge in [-0.1, -0.05) is 12.1 Å². The van der Waals surface area contributed by atoms with Crippen molar-refractivity contribution in [3.8, 4) is 11.5 Å². The molecule has 1 aliphatic rings. The molecule has 0 spiro atoms. The number of amides is 1. The fourth-order valence-electron chi connectivity index (χ4n) is 5.11. The van der Waals surface area contributed by atoms with Crippen LogP contribution in [0.1, 0.15) is 34.7 Å². The summed E-state index contributed by atoms with van der Waals surface area (Å²) >= 11 is 0. The Morgan fingerprint density at radius 2 is 1.67 bits per heavy atom. The molecule has 0 fully saturated rings. The van der Waals surface area contributed by atoms with Gasteiger partial charge in [-0.05, 0) is 73.7 Å². The van der Waals surface area contributed by atoms with Gasteiger partial charge in [-0.3, -0.25) is 14.6 Å². The van der Waals surface area contributed by atoms with Crippen LogP contribution >= 0.6 is 0 Å². The molecule has 39 heavy (non-hydrogen) atoms. The predicted octanol–water partition coefficient (Wildman–Crippen LogP) is 6.23. The van der Waals surface area contributed by atoms with E-state index in [2.05, 4.69) is 10.6 Å². The van der Waals surface area contributed by atoms with Gasteiger partial charge in [-0.25, -0.2) is 0 Å². The van der Waals surface area contributed by atoms with E-state index >= 15 is 0 Å². The molecular formula is C31H27N3O5. The lowest BCUT2D eigenvalue weighted by atomic mass is 9.92. The molecule has 0 aliphatic heterocycles. The number of carbonyl (C=O) groups excluding carboxylic acids is 1. The number of nitrogens with one attached hydrogen (secondary N) is 2. The first-order valence-corrected chi connectivity index (χ1v) is 12.8. The van der Waals surface area contributed by atoms with E-state index < -0.39 is 5.91 Å². The number of pyridine rings is 1. The van der Waals surface area contributed by atoms with Gasteiger partial charge < -0.3 is 24.5 Å². The van der Waals surface area contributed by atoms with Gasteiger partial charge in [0.15, 0.2) is 22.7 Å². The highest BCUT2D eigenvalue weighted by Crippen LogP contribution is 2.38. The Kier molecular flexibility index (Phi) is 6.36. The zero-order valence-electron chi connectivity index (χ0n) is 21.7. The number of para-hydroxylation sites is 1. The van der Waals surface area contributed by atoms with Crippen LogP contribution in [0.15, 0.2) is 75.9 Å². The molecule has 5 aromatic rings. The van der Waals surface area contributed by atoms with Gasteiger partial charge in [0.2, 0.25) is 0 Å². The van der Waals surface area contributed by atoms with Gasteiger partial charge in [-0.2, -0.15) is 0 Å². The fraction of sp³-hybridized carbons (Fsp3) is 0.194. The quantitative estimate of drug-likeness (QED) is 0.273. The maximum absolute atomic E-state index is 13.1. The zero-order chi connectivity index (χ0) is 26.9. The molecule has 0 unspecified atom stereocenters. The lowest BCUT2D eigenvalue weighted by Crippen LogP contribution is -2.15. The van der Waals surface area contributed by atoms with Crippen LogP contribution in [0.4, 0.5) is 17.1 Å². The predicted molar refractivity (Wildman–Crippen MR) is 152 cm³/mol. The van der Waals surface area contributed by atoms with E-state index in [0.29, 0.717) is 28.2 Å².